The van der Waals surface area contributed by atoms with Crippen molar-refractivity contribution in [3.63, 3.8) is 0 Å². The Labute approximate surface area is 111 Å². The normalized spacial score (nSPS) is 14.5. The van der Waals surface area contributed by atoms with Crippen molar-refractivity contribution in [3.8, 4) is 0 Å². The van der Waals surface area contributed by atoms with Gasteiger partial charge in [-0.25, -0.2) is 0 Å². The van der Waals surface area contributed by atoms with Crippen LogP contribution in [0.4, 0.5) is 0 Å². The standard InChI is InChI=1S/C13H20ClNOS/c1-3-6-12(15-2)10-17(16)9-11-7-4-5-8-13(11)14/h4-5,7-8,12,15H,3,6,9-10H2,1-2H3. The second-order valence-corrected chi connectivity index (χ2v) is 6.03. The van der Waals surface area contributed by atoms with Gasteiger partial charge in [0.1, 0.15) is 0 Å². The molecule has 0 saturated heterocycles. The Kier molecular flexibility index (Phi) is 6.78. The topological polar surface area (TPSA) is 29.1 Å². The van der Waals surface area contributed by atoms with Gasteiger partial charge in [0.15, 0.2) is 0 Å². The second-order valence-electron chi connectivity index (χ2n) is 4.12. The average molecular weight is 274 g/mol. The van der Waals surface area contributed by atoms with E-state index in [0.29, 0.717) is 22.6 Å². The fourth-order valence-electron chi connectivity index (χ4n) is 1.73. The van der Waals surface area contributed by atoms with Crippen LogP contribution in [-0.4, -0.2) is 23.1 Å². The van der Waals surface area contributed by atoms with E-state index in [1.54, 1.807) is 0 Å². The highest BCUT2D eigenvalue weighted by molar-refractivity contribution is 7.84. The molecule has 0 aliphatic heterocycles. The van der Waals surface area contributed by atoms with Gasteiger partial charge in [0, 0.05) is 27.6 Å². The van der Waals surface area contributed by atoms with Crippen molar-refractivity contribution in [2.24, 2.45) is 0 Å². The highest BCUT2D eigenvalue weighted by Gasteiger charge is 2.11. The van der Waals surface area contributed by atoms with E-state index in [2.05, 4.69) is 12.2 Å². The minimum absolute atomic E-state index is 0.336. The fourth-order valence-corrected chi connectivity index (χ4v) is 3.51. The summed E-state index contributed by atoms with van der Waals surface area (Å²) in [6.07, 6.45) is 2.17. The minimum Gasteiger partial charge on any atom is -0.316 e. The van der Waals surface area contributed by atoms with Gasteiger partial charge in [-0.05, 0) is 25.1 Å². The van der Waals surface area contributed by atoms with Crippen molar-refractivity contribution in [1.82, 2.24) is 5.32 Å². The van der Waals surface area contributed by atoms with Crippen LogP contribution >= 0.6 is 11.6 Å². The molecule has 0 spiro atoms. The van der Waals surface area contributed by atoms with E-state index in [9.17, 15) is 4.21 Å². The lowest BCUT2D eigenvalue weighted by Crippen LogP contribution is -2.31. The molecule has 2 nitrogen and oxygen atoms in total. The molecule has 1 N–H and O–H groups in total. The number of halogens is 1. The van der Waals surface area contributed by atoms with Gasteiger partial charge in [0.2, 0.25) is 0 Å². The maximum atomic E-state index is 12.0. The molecule has 17 heavy (non-hydrogen) atoms. The second kappa shape index (κ2) is 7.85. The Morgan fingerprint density at radius 1 is 1.41 bits per heavy atom. The summed E-state index contributed by atoms with van der Waals surface area (Å²) in [5.74, 6) is 1.23. The van der Waals surface area contributed by atoms with Gasteiger partial charge < -0.3 is 5.32 Å². The predicted octanol–water partition coefficient (Wildman–Crippen LogP) is 2.98. The predicted molar refractivity (Wildman–Crippen MR) is 75.9 cm³/mol. The van der Waals surface area contributed by atoms with Crippen molar-refractivity contribution in [2.45, 2.75) is 31.6 Å². The summed E-state index contributed by atoms with van der Waals surface area (Å²) in [6, 6.07) is 7.94. The zero-order valence-electron chi connectivity index (χ0n) is 10.4. The maximum absolute atomic E-state index is 12.0. The minimum atomic E-state index is -0.860. The van der Waals surface area contributed by atoms with Crippen molar-refractivity contribution in [2.75, 3.05) is 12.8 Å². The Balaban J connectivity index is 2.52. The van der Waals surface area contributed by atoms with Gasteiger partial charge in [-0.1, -0.05) is 43.1 Å². The molecule has 0 radical (unpaired) electrons. The largest absolute Gasteiger partial charge is 0.316 e. The van der Waals surface area contributed by atoms with Crippen LogP contribution in [0.2, 0.25) is 5.02 Å². The number of hydrogen-bond acceptors (Lipinski definition) is 2. The van der Waals surface area contributed by atoms with Gasteiger partial charge in [-0.15, -0.1) is 0 Å². The number of rotatable bonds is 7. The number of nitrogens with one attached hydrogen (secondary N) is 1. The molecule has 0 saturated carbocycles. The molecule has 0 fully saturated rings. The van der Waals surface area contributed by atoms with Gasteiger partial charge in [-0.3, -0.25) is 4.21 Å². The molecular weight excluding hydrogens is 254 g/mol. The Morgan fingerprint density at radius 2 is 2.12 bits per heavy atom. The summed E-state index contributed by atoms with van der Waals surface area (Å²) in [4.78, 5) is 0. The van der Waals surface area contributed by atoms with Gasteiger partial charge >= 0.3 is 0 Å². The monoisotopic (exact) mass is 273 g/mol. The summed E-state index contributed by atoms with van der Waals surface area (Å²) < 4.78 is 12.0. The highest BCUT2D eigenvalue weighted by Crippen LogP contribution is 2.17. The van der Waals surface area contributed by atoms with Crippen LogP contribution in [0.3, 0.4) is 0 Å². The van der Waals surface area contributed by atoms with Gasteiger partial charge in [-0.2, -0.15) is 0 Å². The molecule has 1 rings (SSSR count). The van der Waals surface area contributed by atoms with Crippen molar-refractivity contribution in [3.05, 3.63) is 34.9 Å². The maximum Gasteiger partial charge on any atom is 0.0501 e. The first-order valence-corrected chi connectivity index (χ1v) is 7.79. The van der Waals surface area contributed by atoms with Crippen molar-refractivity contribution in [1.29, 1.82) is 0 Å². The zero-order valence-corrected chi connectivity index (χ0v) is 12.0. The van der Waals surface area contributed by atoms with E-state index in [0.717, 1.165) is 18.4 Å². The smallest absolute Gasteiger partial charge is 0.0501 e. The van der Waals surface area contributed by atoms with E-state index in [1.807, 2.05) is 31.3 Å². The Bertz CT molecular complexity index is 370. The van der Waals surface area contributed by atoms with Crippen LogP contribution in [0.25, 0.3) is 0 Å². The molecule has 0 heterocycles. The molecule has 1 aromatic carbocycles. The van der Waals surface area contributed by atoms with E-state index in [4.69, 9.17) is 11.6 Å². The fraction of sp³-hybridized carbons (Fsp3) is 0.538. The molecule has 0 aromatic heterocycles. The molecule has 0 aliphatic rings. The molecule has 96 valence electrons. The zero-order chi connectivity index (χ0) is 12.7. The first kappa shape index (κ1) is 14.7. The van der Waals surface area contributed by atoms with Crippen LogP contribution in [0.5, 0.6) is 0 Å². The first-order valence-electron chi connectivity index (χ1n) is 5.93. The quantitative estimate of drug-likeness (QED) is 0.828. The van der Waals surface area contributed by atoms with Crippen molar-refractivity contribution >= 4 is 22.4 Å². The van der Waals surface area contributed by atoms with Crippen LogP contribution in [-0.2, 0) is 16.6 Å². The van der Waals surface area contributed by atoms with Gasteiger partial charge in [0.05, 0.1) is 5.75 Å². The molecule has 1 aromatic rings. The third kappa shape index (κ3) is 5.19. The summed E-state index contributed by atoms with van der Waals surface area (Å²) in [7, 11) is 1.06. The Hall–Kier alpha value is -0.380. The summed E-state index contributed by atoms with van der Waals surface area (Å²) in [5, 5.41) is 3.91. The lowest BCUT2D eigenvalue weighted by Gasteiger charge is -2.14. The Morgan fingerprint density at radius 3 is 2.71 bits per heavy atom. The van der Waals surface area contributed by atoms with Crippen LogP contribution in [0, 0.1) is 0 Å². The highest BCUT2D eigenvalue weighted by atomic mass is 35.5. The summed E-state index contributed by atoms with van der Waals surface area (Å²) in [6.45, 7) is 2.14. The van der Waals surface area contributed by atoms with E-state index in [-0.39, 0.29) is 0 Å². The first-order chi connectivity index (χ1) is 8.17. The third-order valence-corrected chi connectivity index (χ3v) is 4.48. The lowest BCUT2D eigenvalue weighted by atomic mass is 10.2. The summed E-state index contributed by atoms with van der Waals surface area (Å²) in [5.41, 5.74) is 0.971. The van der Waals surface area contributed by atoms with E-state index >= 15 is 0 Å². The molecular formula is C13H20ClNOS. The molecule has 0 bridgehead atoms. The van der Waals surface area contributed by atoms with Crippen molar-refractivity contribution < 1.29 is 4.21 Å². The van der Waals surface area contributed by atoms with E-state index < -0.39 is 10.8 Å². The van der Waals surface area contributed by atoms with E-state index in [1.165, 1.54) is 0 Å². The molecule has 2 atom stereocenters. The number of hydrogen-bond donors (Lipinski definition) is 1. The molecule has 0 amide bonds. The van der Waals surface area contributed by atoms with Gasteiger partial charge in [0.25, 0.3) is 0 Å². The summed E-state index contributed by atoms with van der Waals surface area (Å²) >= 11 is 6.05. The molecule has 2 unspecified atom stereocenters. The van der Waals surface area contributed by atoms with Crippen LogP contribution < -0.4 is 5.32 Å². The third-order valence-electron chi connectivity index (χ3n) is 2.71. The van der Waals surface area contributed by atoms with Crippen LogP contribution in [0.1, 0.15) is 25.3 Å². The van der Waals surface area contributed by atoms with Crippen LogP contribution in [0.15, 0.2) is 24.3 Å². The molecule has 0 aliphatic carbocycles. The number of benzene rings is 1. The molecule has 4 heteroatoms. The lowest BCUT2D eigenvalue weighted by molar-refractivity contribution is 0.557. The average Bonchev–Trinajstić information content (AvgIpc) is 2.31. The SMILES string of the molecule is CCCC(CS(=O)Cc1ccccc1Cl)NC.